The van der Waals surface area contributed by atoms with Crippen molar-refractivity contribution in [2.75, 3.05) is 18.0 Å². The Hall–Kier alpha value is -2.30. The van der Waals surface area contributed by atoms with Gasteiger partial charge in [-0.15, -0.1) is 0 Å². The zero-order valence-electron chi connectivity index (χ0n) is 12.6. The molecule has 2 atom stereocenters. The Morgan fingerprint density at radius 2 is 2.30 bits per heavy atom. The monoisotopic (exact) mass is 333 g/mol. The Labute approximate surface area is 138 Å². The number of ether oxygens (including phenoxy) is 1. The van der Waals surface area contributed by atoms with Crippen molar-refractivity contribution < 1.29 is 9.84 Å². The molecule has 1 fully saturated rings. The number of hydrogen-bond donors (Lipinski definition) is 1. The third-order valence-corrected chi connectivity index (χ3v) is 4.02. The fraction of sp³-hybridized carbons (Fsp3) is 0.400. The molecule has 0 amide bonds. The molecule has 120 valence electrons. The second kappa shape index (κ2) is 6.44. The van der Waals surface area contributed by atoms with E-state index < -0.39 is 6.10 Å². The second-order valence-electron chi connectivity index (χ2n) is 5.27. The summed E-state index contributed by atoms with van der Waals surface area (Å²) >= 11 is 5.90. The van der Waals surface area contributed by atoms with E-state index in [4.69, 9.17) is 21.6 Å². The van der Waals surface area contributed by atoms with Gasteiger partial charge in [-0.05, 0) is 19.1 Å². The number of hydrogen-bond acceptors (Lipinski definition) is 6. The van der Waals surface area contributed by atoms with E-state index in [1.165, 1.54) is 0 Å². The van der Waals surface area contributed by atoms with Crippen LogP contribution in [0.3, 0.4) is 0 Å². The largest absolute Gasteiger partial charge is 0.482 e. The molecule has 2 aromatic rings. The highest BCUT2D eigenvalue weighted by Crippen LogP contribution is 2.24. The lowest BCUT2D eigenvalue weighted by atomic mass is 10.3. The predicted octanol–water partition coefficient (Wildman–Crippen LogP) is 1.45. The average Bonchev–Trinajstić information content (AvgIpc) is 3.15. The minimum Gasteiger partial charge on any atom is -0.482 e. The topological polar surface area (TPSA) is 87.2 Å². The van der Waals surface area contributed by atoms with Gasteiger partial charge in [-0.2, -0.15) is 10.4 Å². The first-order valence-electron chi connectivity index (χ1n) is 7.29. The lowest BCUT2D eigenvalue weighted by molar-refractivity contribution is 0.0737. The highest BCUT2D eigenvalue weighted by atomic mass is 35.5. The molecule has 0 radical (unpaired) electrons. The summed E-state index contributed by atoms with van der Waals surface area (Å²) in [4.78, 5) is 6.09. The van der Waals surface area contributed by atoms with Crippen LogP contribution in [0.1, 0.15) is 12.6 Å². The van der Waals surface area contributed by atoms with Crippen LogP contribution in [0.5, 0.6) is 5.75 Å². The van der Waals surface area contributed by atoms with Crippen molar-refractivity contribution in [3.8, 4) is 11.8 Å². The average molecular weight is 334 g/mol. The van der Waals surface area contributed by atoms with E-state index in [1.54, 1.807) is 29.2 Å². The summed E-state index contributed by atoms with van der Waals surface area (Å²) in [6.07, 6.45) is 2.40. The number of aliphatic hydroxyl groups excluding tert-OH is 1. The molecule has 0 spiro atoms. The van der Waals surface area contributed by atoms with Crippen LogP contribution in [0.15, 0.2) is 24.5 Å². The third kappa shape index (κ3) is 3.23. The summed E-state index contributed by atoms with van der Waals surface area (Å²) in [6.45, 7) is 3.60. The molecule has 1 saturated heterocycles. The van der Waals surface area contributed by atoms with Crippen LogP contribution in [0.25, 0.3) is 0 Å². The van der Waals surface area contributed by atoms with E-state index in [0.29, 0.717) is 29.7 Å². The van der Waals surface area contributed by atoms with Crippen molar-refractivity contribution in [3.05, 3.63) is 35.2 Å². The fourth-order valence-electron chi connectivity index (χ4n) is 2.50. The van der Waals surface area contributed by atoms with Gasteiger partial charge in [0.1, 0.15) is 24.1 Å². The highest BCUT2D eigenvalue weighted by molar-refractivity contribution is 6.31. The molecule has 1 N–H and O–H groups in total. The van der Waals surface area contributed by atoms with Crippen molar-refractivity contribution in [1.82, 2.24) is 14.8 Å². The minimum atomic E-state index is -0.650. The Balaban J connectivity index is 1.72. The number of nitrogens with zero attached hydrogens (tertiary/aromatic N) is 5. The van der Waals surface area contributed by atoms with Gasteiger partial charge >= 0.3 is 0 Å². The molecule has 0 aliphatic carbocycles. The number of pyridine rings is 1. The molecule has 1 aliphatic heterocycles. The van der Waals surface area contributed by atoms with Gasteiger partial charge in [-0.3, -0.25) is 4.68 Å². The van der Waals surface area contributed by atoms with Crippen molar-refractivity contribution in [3.63, 3.8) is 0 Å². The van der Waals surface area contributed by atoms with Gasteiger partial charge in [0.05, 0.1) is 24.0 Å². The molecular formula is C15H16ClN5O2. The fourth-order valence-corrected chi connectivity index (χ4v) is 2.65. The summed E-state index contributed by atoms with van der Waals surface area (Å²) in [5.74, 6) is 1.22. The molecule has 0 bridgehead atoms. The second-order valence-corrected chi connectivity index (χ2v) is 5.68. The number of anilines is 1. The summed E-state index contributed by atoms with van der Waals surface area (Å²) in [5.41, 5.74) is 0.173. The molecule has 2 aromatic heterocycles. The Bertz CT molecular complexity index is 742. The molecule has 3 rings (SSSR count). The van der Waals surface area contributed by atoms with Crippen molar-refractivity contribution in [1.29, 1.82) is 5.26 Å². The molecular weight excluding hydrogens is 318 g/mol. The quantitative estimate of drug-likeness (QED) is 0.911. The first kappa shape index (κ1) is 15.6. The first-order valence-corrected chi connectivity index (χ1v) is 7.67. The number of aliphatic hydroxyl groups is 1. The van der Waals surface area contributed by atoms with Crippen LogP contribution >= 0.6 is 11.6 Å². The smallest absolute Gasteiger partial charge is 0.161 e. The van der Waals surface area contributed by atoms with Gasteiger partial charge in [0.15, 0.2) is 11.4 Å². The Kier molecular flexibility index (Phi) is 4.37. The summed E-state index contributed by atoms with van der Waals surface area (Å²) < 4.78 is 7.57. The number of β-amino-alcohol motifs (C(OH)–C–C–N with tert-alkyl or cyclic N) is 1. The van der Waals surface area contributed by atoms with E-state index in [1.807, 2.05) is 17.9 Å². The minimum absolute atomic E-state index is 0.173. The SMILES string of the molecule is CCn1cc(O[C@@H]2CN(c3ccc(Cl)c(C#N)n3)C[C@H]2O)cn1. The van der Waals surface area contributed by atoms with E-state index in [-0.39, 0.29) is 11.8 Å². The van der Waals surface area contributed by atoms with Crippen LogP contribution in [-0.2, 0) is 6.54 Å². The van der Waals surface area contributed by atoms with Crippen LogP contribution < -0.4 is 9.64 Å². The zero-order valence-corrected chi connectivity index (χ0v) is 13.3. The lowest BCUT2D eigenvalue weighted by Crippen LogP contribution is -2.29. The summed E-state index contributed by atoms with van der Waals surface area (Å²) in [7, 11) is 0. The van der Waals surface area contributed by atoms with Gasteiger partial charge in [0, 0.05) is 13.1 Å². The summed E-state index contributed by atoms with van der Waals surface area (Å²) in [5, 5.41) is 23.7. The highest BCUT2D eigenvalue weighted by Gasteiger charge is 2.34. The lowest BCUT2D eigenvalue weighted by Gasteiger charge is -2.17. The zero-order chi connectivity index (χ0) is 16.4. The van der Waals surface area contributed by atoms with Gasteiger partial charge in [-0.25, -0.2) is 4.98 Å². The number of aryl methyl sites for hydroxylation is 1. The van der Waals surface area contributed by atoms with Crippen molar-refractivity contribution in [2.45, 2.75) is 25.7 Å². The van der Waals surface area contributed by atoms with E-state index in [2.05, 4.69) is 10.1 Å². The van der Waals surface area contributed by atoms with Crippen molar-refractivity contribution in [2.24, 2.45) is 0 Å². The van der Waals surface area contributed by atoms with Crippen LogP contribution in [0, 0.1) is 11.3 Å². The molecule has 0 saturated carbocycles. The Morgan fingerprint density at radius 1 is 1.48 bits per heavy atom. The Morgan fingerprint density at radius 3 is 3.00 bits per heavy atom. The van der Waals surface area contributed by atoms with Gasteiger partial charge in [0.2, 0.25) is 0 Å². The number of halogens is 1. The molecule has 23 heavy (non-hydrogen) atoms. The van der Waals surface area contributed by atoms with Gasteiger partial charge < -0.3 is 14.7 Å². The van der Waals surface area contributed by atoms with E-state index in [9.17, 15) is 5.11 Å². The van der Waals surface area contributed by atoms with Crippen LogP contribution in [0.2, 0.25) is 5.02 Å². The van der Waals surface area contributed by atoms with Gasteiger partial charge in [0.25, 0.3) is 0 Å². The maximum atomic E-state index is 10.2. The number of aromatic nitrogens is 3. The van der Waals surface area contributed by atoms with Gasteiger partial charge in [-0.1, -0.05) is 11.6 Å². The summed E-state index contributed by atoms with van der Waals surface area (Å²) in [6, 6.07) is 5.32. The molecule has 0 unspecified atom stereocenters. The number of nitriles is 1. The van der Waals surface area contributed by atoms with E-state index in [0.717, 1.165) is 6.54 Å². The maximum absolute atomic E-state index is 10.2. The maximum Gasteiger partial charge on any atom is 0.161 e. The van der Waals surface area contributed by atoms with Crippen molar-refractivity contribution >= 4 is 17.4 Å². The first-order chi connectivity index (χ1) is 11.1. The van der Waals surface area contributed by atoms with Crippen LogP contribution in [-0.4, -0.2) is 45.2 Å². The third-order valence-electron chi connectivity index (χ3n) is 3.72. The normalized spacial score (nSPS) is 20.5. The van der Waals surface area contributed by atoms with Crippen LogP contribution in [0.4, 0.5) is 5.82 Å². The molecule has 3 heterocycles. The standard InChI is InChI=1S/C15H16ClN5O2/c1-2-21-7-10(6-18-21)23-14-9-20(8-13(14)22)15-4-3-11(16)12(5-17)19-15/h3-4,6-7,13-14,22H,2,8-9H2,1H3/t13-,14-/m1/s1. The molecule has 8 heteroatoms. The number of rotatable bonds is 4. The molecule has 1 aliphatic rings. The molecule has 0 aromatic carbocycles. The predicted molar refractivity (Wildman–Crippen MR) is 84.5 cm³/mol. The molecule has 7 nitrogen and oxygen atoms in total. The van der Waals surface area contributed by atoms with E-state index >= 15 is 0 Å².